The van der Waals surface area contributed by atoms with Crippen LogP contribution < -0.4 is 5.73 Å². The van der Waals surface area contributed by atoms with Crippen molar-refractivity contribution in [2.24, 2.45) is 11.7 Å². The molecular formula is C14H29N3. The van der Waals surface area contributed by atoms with Crippen molar-refractivity contribution in [1.29, 1.82) is 0 Å². The second-order valence-electron chi connectivity index (χ2n) is 5.79. The summed E-state index contributed by atoms with van der Waals surface area (Å²) in [6.07, 6.45) is 8.28. The maximum absolute atomic E-state index is 5.51. The first-order valence-corrected chi connectivity index (χ1v) is 7.53. The lowest BCUT2D eigenvalue weighted by Gasteiger charge is -2.38. The van der Waals surface area contributed by atoms with Gasteiger partial charge in [-0.3, -0.25) is 0 Å². The zero-order valence-corrected chi connectivity index (χ0v) is 11.2. The summed E-state index contributed by atoms with van der Waals surface area (Å²) in [5, 5.41) is 0. The highest BCUT2D eigenvalue weighted by molar-refractivity contribution is 4.78. The van der Waals surface area contributed by atoms with Crippen LogP contribution in [0.25, 0.3) is 0 Å². The third kappa shape index (κ3) is 4.57. The van der Waals surface area contributed by atoms with Gasteiger partial charge in [0.1, 0.15) is 0 Å². The molecule has 3 heteroatoms. The Hall–Kier alpha value is -0.120. The molecule has 3 nitrogen and oxygen atoms in total. The molecule has 100 valence electrons. The molecule has 0 aromatic carbocycles. The minimum atomic E-state index is 0.856. The van der Waals surface area contributed by atoms with Crippen molar-refractivity contribution >= 4 is 0 Å². The first-order chi connectivity index (χ1) is 8.38. The fourth-order valence-electron chi connectivity index (χ4n) is 2.89. The quantitative estimate of drug-likeness (QED) is 0.684. The molecule has 0 spiro atoms. The van der Waals surface area contributed by atoms with Crippen LogP contribution in [0.1, 0.15) is 38.5 Å². The first kappa shape index (κ1) is 13.3. The number of hydrogen-bond donors (Lipinski definition) is 1. The predicted molar refractivity (Wildman–Crippen MR) is 73.1 cm³/mol. The van der Waals surface area contributed by atoms with Crippen molar-refractivity contribution < 1.29 is 0 Å². The summed E-state index contributed by atoms with van der Waals surface area (Å²) in [5.41, 5.74) is 5.51. The van der Waals surface area contributed by atoms with Crippen LogP contribution in [0.15, 0.2) is 0 Å². The van der Waals surface area contributed by atoms with E-state index in [2.05, 4.69) is 9.80 Å². The Kier molecular flexibility index (Phi) is 5.75. The van der Waals surface area contributed by atoms with Crippen LogP contribution in [-0.2, 0) is 0 Å². The Balaban J connectivity index is 1.51. The Morgan fingerprint density at radius 3 is 2.18 bits per heavy atom. The van der Waals surface area contributed by atoms with Gasteiger partial charge in [-0.2, -0.15) is 0 Å². The Morgan fingerprint density at radius 2 is 1.59 bits per heavy atom. The zero-order chi connectivity index (χ0) is 11.9. The normalized spacial score (nSPS) is 23.8. The first-order valence-electron chi connectivity index (χ1n) is 7.53. The molecule has 1 saturated heterocycles. The molecule has 0 radical (unpaired) electrons. The van der Waals surface area contributed by atoms with Crippen LogP contribution >= 0.6 is 0 Å². The van der Waals surface area contributed by atoms with E-state index < -0.39 is 0 Å². The lowest BCUT2D eigenvalue weighted by Crippen LogP contribution is -2.48. The van der Waals surface area contributed by atoms with Gasteiger partial charge in [0.05, 0.1) is 0 Å². The highest BCUT2D eigenvalue weighted by Gasteiger charge is 2.23. The van der Waals surface area contributed by atoms with Gasteiger partial charge in [0.25, 0.3) is 0 Å². The molecule has 0 aromatic heterocycles. The van der Waals surface area contributed by atoms with Gasteiger partial charge >= 0.3 is 0 Å². The fraction of sp³-hybridized carbons (Fsp3) is 1.00. The molecule has 1 heterocycles. The van der Waals surface area contributed by atoms with Crippen molar-refractivity contribution in [3.05, 3.63) is 0 Å². The molecule has 0 amide bonds. The van der Waals surface area contributed by atoms with E-state index in [4.69, 9.17) is 5.73 Å². The fourth-order valence-corrected chi connectivity index (χ4v) is 2.89. The number of nitrogens with two attached hydrogens (primary N) is 1. The monoisotopic (exact) mass is 239 g/mol. The van der Waals surface area contributed by atoms with Gasteiger partial charge in [-0.1, -0.05) is 12.8 Å². The number of nitrogens with zero attached hydrogens (tertiary/aromatic N) is 2. The van der Waals surface area contributed by atoms with Crippen LogP contribution in [0.5, 0.6) is 0 Å². The highest BCUT2D eigenvalue weighted by atomic mass is 15.3. The van der Waals surface area contributed by atoms with Crippen LogP contribution in [0.4, 0.5) is 0 Å². The van der Waals surface area contributed by atoms with Crippen molar-refractivity contribution in [1.82, 2.24) is 9.80 Å². The van der Waals surface area contributed by atoms with Crippen LogP contribution in [0.2, 0.25) is 0 Å². The van der Waals surface area contributed by atoms with Gasteiger partial charge in [-0.15, -0.1) is 0 Å². The molecule has 2 rings (SSSR count). The Labute approximate surface area is 106 Å². The Morgan fingerprint density at radius 1 is 0.882 bits per heavy atom. The zero-order valence-electron chi connectivity index (χ0n) is 11.2. The Bertz CT molecular complexity index is 196. The van der Waals surface area contributed by atoms with E-state index >= 15 is 0 Å². The highest BCUT2D eigenvalue weighted by Crippen LogP contribution is 2.27. The molecule has 0 aromatic rings. The molecule has 2 fully saturated rings. The van der Waals surface area contributed by atoms with E-state index in [0.717, 1.165) is 12.5 Å². The van der Waals surface area contributed by atoms with Crippen molar-refractivity contribution in [2.75, 3.05) is 45.8 Å². The lowest BCUT2D eigenvalue weighted by molar-refractivity contribution is 0.0995. The number of unbranched alkanes of at least 4 members (excludes halogenated alkanes) is 2. The summed E-state index contributed by atoms with van der Waals surface area (Å²) in [5.74, 6) is 1.03. The van der Waals surface area contributed by atoms with E-state index in [0.29, 0.717) is 0 Å². The van der Waals surface area contributed by atoms with Crippen molar-refractivity contribution in [3.63, 3.8) is 0 Å². The van der Waals surface area contributed by atoms with Crippen LogP contribution in [0, 0.1) is 5.92 Å². The smallest absolute Gasteiger partial charge is 0.0110 e. The van der Waals surface area contributed by atoms with Crippen molar-refractivity contribution in [2.45, 2.75) is 38.5 Å². The molecule has 0 atom stereocenters. The minimum Gasteiger partial charge on any atom is -0.330 e. The number of rotatable bonds is 7. The minimum absolute atomic E-state index is 0.856. The molecule has 1 aliphatic heterocycles. The molecule has 0 unspecified atom stereocenters. The van der Waals surface area contributed by atoms with Crippen LogP contribution in [0.3, 0.4) is 0 Å². The third-order valence-electron chi connectivity index (χ3n) is 4.38. The van der Waals surface area contributed by atoms with Gasteiger partial charge in [0, 0.05) is 32.7 Å². The summed E-state index contributed by atoms with van der Waals surface area (Å²) >= 11 is 0. The summed E-state index contributed by atoms with van der Waals surface area (Å²) in [7, 11) is 0. The van der Waals surface area contributed by atoms with Crippen LogP contribution in [-0.4, -0.2) is 55.6 Å². The van der Waals surface area contributed by atoms with E-state index in [1.165, 1.54) is 77.8 Å². The average molecular weight is 239 g/mol. The SMILES string of the molecule is NCCCCCN1CCN(CC2CCC2)CC1. The summed E-state index contributed by atoms with van der Waals surface area (Å²) in [6.45, 7) is 8.69. The van der Waals surface area contributed by atoms with E-state index in [9.17, 15) is 0 Å². The lowest BCUT2D eigenvalue weighted by atomic mass is 9.85. The molecule has 1 saturated carbocycles. The number of hydrogen-bond acceptors (Lipinski definition) is 3. The standard InChI is InChI=1S/C14H29N3/c15-7-2-1-3-8-16-9-11-17(12-10-16)13-14-5-4-6-14/h14H,1-13,15H2. The largest absolute Gasteiger partial charge is 0.330 e. The maximum atomic E-state index is 5.51. The molecule has 1 aliphatic carbocycles. The molecule has 2 aliphatic rings. The summed E-state index contributed by atoms with van der Waals surface area (Å²) in [6, 6.07) is 0. The second kappa shape index (κ2) is 7.34. The summed E-state index contributed by atoms with van der Waals surface area (Å²) in [4.78, 5) is 5.31. The van der Waals surface area contributed by atoms with E-state index in [1.807, 2.05) is 0 Å². The van der Waals surface area contributed by atoms with Gasteiger partial charge < -0.3 is 15.5 Å². The van der Waals surface area contributed by atoms with E-state index in [-0.39, 0.29) is 0 Å². The molecular weight excluding hydrogens is 210 g/mol. The summed E-state index contributed by atoms with van der Waals surface area (Å²) < 4.78 is 0. The van der Waals surface area contributed by atoms with Gasteiger partial charge in [-0.05, 0) is 44.7 Å². The van der Waals surface area contributed by atoms with Gasteiger partial charge in [0.2, 0.25) is 0 Å². The molecule has 17 heavy (non-hydrogen) atoms. The van der Waals surface area contributed by atoms with Crippen molar-refractivity contribution in [3.8, 4) is 0 Å². The predicted octanol–water partition coefficient (Wildman–Crippen LogP) is 1.53. The van der Waals surface area contributed by atoms with Gasteiger partial charge in [-0.25, -0.2) is 0 Å². The number of piperazine rings is 1. The topological polar surface area (TPSA) is 32.5 Å². The molecule has 0 bridgehead atoms. The second-order valence-corrected chi connectivity index (χ2v) is 5.79. The average Bonchev–Trinajstić information content (AvgIpc) is 2.31. The molecule has 2 N–H and O–H groups in total. The van der Waals surface area contributed by atoms with E-state index in [1.54, 1.807) is 0 Å². The van der Waals surface area contributed by atoms with Gasteiger partial charge in [0.15, 0.2) is 0 Å². The maximum Gasteiger partial charge on any atom is 0.0110 e. The third-order valence-corrected chi connectivity index (χ3v) is 4.38.